The second-order valence-electron chi connectivity index (χ2n) is 4.09. The first-order valence-electron chi connectivity index (χ1n) is 5.38. The minimum absolute atomic E-state index is 0.0637. The minimum Gasteiger partial charge on any atom is -0.341 e. The molecule has 0 aliphatic rings. The lowest BCUT2D eigenvalue weighted by Gasteiger charge is -1.97. The van der Waals surface area contributed by atoms with Crippen molar-refractivity contribution < 1.29 is 0 Å². The Morgan fingerprint density at radius 3 is 2.81 bits per heavy atom. The molecule has 16 heavy (non-hydrogen) atoms. The number of rotatable bonds is 1. The lowest BCUT2D eigenvalue weighted by atomic mass is 10.1. The van der Waals surface area contributed by atoms with E-state index in [1.807, 2.05) is 19.1 Å². The van der Waals surface area contributed by atoms with Crippen LogP contribution in [0.25, 0.3) is 21.8 Å². The molecular weight excluding hydrogens is 198 g/mol. The van der Waals surface area contributed by atoms with E-state index in [9.17, 15) is 0 Å². The Morgan fingerprint density at radius 1 is 1.19 bits per heavy atom. The quantitative estimate of drug-likeness (QED) is 0.650. The fraction of sp³-hybridized carbons (Fsp3) is 0.154. The molecular formula is C13H13N3. The number of imidazole rings is 1. The van der Waals surface area contributed by atoms with Gasteiger partial charge in [-0.15, -0.1) is 0 Å². The average molecular weight is 211 g/mol. The topological polar surface area (TPSA) is 54.7 Å². The Bertz CT molecular complexity index is 652. The third-order valence-corrected chi connectivity index (χ3v) is 2.83. The molecule has 1 aromatic heterocycles. The normalized spacial score (nSPS) is 13.4. The van der Waals surface area contributed by atoms with Crippen LogP contribution in [0, 0.1) is 0 Å². The molecule has 0 spiro atoms. The fourth-order valence-corrected chi connectivity index (χ4v) is 1.98. The Hall–Kier alpha value is -1.87. The molecule has 3 aromatic rings. The van der Waals surface area contributed by atoms with Gasteiger partial charge in [0.25, 0.3) is 0 Å². The molecule has 0 amide bonds. The van der Waals surface area contributed by atoms with Crippen molar-refractivity contribution in [1.29, 1.82) is 0 Å². The largest absolute Gasteiger partial charge is 0.341 e. The average Bonchev–Trinajstić information content (AvgIpc) is 2.73. The number of hydrogen-bond donors (Lipinski definition) is 2. The molecule has 0 bridgehead atoms. The molecule has 0 saturated heterocycles. The lowest BCUT2D eigenvalue weighted by Crippen LogP contribution is -2.06. The van der Waals surface area contributed by atoms with Crippen LogP contribution in [0.1, 0.15) is 18.8 Å². The van der Waals surface area contributed by atoms with E-state index in [-0.39, 0.29) is 6.04 Å². The zero-order valence-electron chi connectivity index (χ0n) is 9.07. The molecule has 0 radical (unpaired) electrons. The third kappa shape index (κ3) is 1.29. The Kier molecular flexibility index (Phi) is 1.94. The second-order valence-corrected chi connectivity index (χ2v) is 4.09. The van der Waals surface area contributed by atoms with Crippen molar-refractivity contribution in [1.82, 2.24) is 9.97 Å². The predicted molar refractivity (Wildman–Crippen MR) is 66.2 cm³/mol. The molecule has 0 aliphatic carbocycles. The van der Waals surface area contributed by atoms with E-state index in [4.69, 9.17) is 5.73 Å². The summed E-state index contributed by atoms with van der Waals surface area (Å²) < 4.78 is 0. The fourth-order valence-electron chi connectivity index (χ4n) is 1.98. The number of aromatic nitrogens is 2. The molecule has 1 heterocycles. The number of nitrogens with zero attached hydrogens (tertiary/aromatic N) is 1. The zero-order chi connectivity index (χ0) is 11.1. The third-order valence-electron chi connectivity index (χ3n) is 2.83. The summed E-state index contributed by atoms with van der Waals surface area (Å²) in [6.45, 7) is 1.93. The highest BCUT2D eigenvalue weighted by Crippen LogP contribution is 2.24. The van der Waals surface area contributed by atoms with Crippen molar-refractivity contribution >= 4 is 21.8 Å². The van der Waals surface area contributed by atoms with E-state index >= 15 is 0 Å². The van der Waals surface area contributed by atoms with Gasteiger partial charge in [-0.2, -0.15) is 0 Å². The van der Waals surface area contributed by atoms with Crippen molar-refractivity contribution in [2.45, 2.75) is 13.0 Å². The van der Waals surface area contributed by atoms with Gasteiger partial charge >= 0.3 is 0 Å². The maximum Gasteiger partial charge on any atom is 0.123 e. The van der Waals surface area contributed by atoms with Crippen molar-refractivity contribution in [2.75, 3.05) is 0 Å². The number of hydrogen-bond acceptors (Lipinski definition) is 2. The van der Waals surface area contributed by atoms with Crippen LogP contribution in [0.5, 0.6) is 0 Å². The van der Waals surface area contributed by atoms with Gasteiger partial charge in [-0.1, -0.05) is 30.3 Å². The van der Waals surface area contributed by atoms with Gasteiger partial charge in [0.1, 0.15) is 5.82 Å². The molecule has 80 valence electrons. The van der Waals surface area contributed by atoms with Crippen LogP contribution in [0.2, 0.25) is 0 Å². The van der Waals surface area contributed by atoms with Gasteiger partial charge in [-0.3, -0.25) is 0 Å². The highest BCUT2D eigenvalue weighted by Gasteiger charge is 2.08. The first kappa shape index (κ1) is 9.36. The first-order chi connectivity index (χ1) is 7.75. The summed E-state index contributed by atoms with van der Waals surface area (Å²) in [4.78, 5) is 7.81. The Labute approximate surface area is 93.3 Å². The Morgan fingerprint density at radius 2 is 2.00 bits per heavy atom. The van der Waals surface area contributed by atoms with Crippen molar-refractivity contribution in [3.63, 3.8) is 0 Å². The number of nitrogens with two attached hydrogens (primary N) is 1. The number of benzene rings is 2. The highest BCUT2D eigenvalue weighted by atomic mass is 15.0. The van der Waals surface area contributed by atoms with Crippen LogP contribution in [0.15, 0.2) is 36.4 Å². The summed E-state index contributed by atoms with van der Waals surface area (Å²) in [7, 11) is 0. The lowest BCUT2D eigenvalue weighted by molar-refractivity contribution is 0.760. The van der Waals surface area contributed by atoms with Gasteiger partial charge in [0.2, 0.25) is 0 Å². The molecule has 0 fully saturated rings. The summed E-state index contributed by atoms with van der Waals surface area (Å²) in [6, 6.07) is 12.3. The molecule has 3 heteroatoms. The number of fused-ring (bicyclic) bond motifs is 3. The molecule has 3 nitrogen and oxygen atoms in total. The summed E-state index contributed by atoms with van der Waals surface area (Å²) in [6.07, 6.45) is 0. The number of H-pyrrole nitrogens is 1. The van der Waals surface area contributed by atoms with E-state index in [2.05, 4.69) is 34.2 Å². The summed E-state index contributed by atoms with van der Waals surface area (Å²) in [5.41, 5.74) is 7.88. The molecule has 0 aliphatic heterocycles. The predicted octanol–water partition coefficient (Wildman–Crippen LogP) is 2.74. The smallest absolute Gasteiger partial charge is 0.123 e. The summed E-state index contributed by atoms with van der Waals surface area (Å²) in [5, 5.41) is 2.38. The van der Waals surface area contributed by atoms with Crippen molar-refractivity contribution in [2.24, 2.45) is 5.73 Å². The van der Waals surface area contributed by atoms with Gasteiger partial charge in [0.15, 0.2) is 0 Å². The SMILES string of the molecule is C[C@@H](N)c1nc2c(ccc3ccccc32)[nH]1. The van der Waals surface area contributed by atoms with Crippen LogP contribution in [0.3, 0.4) is 0 Å². The van der Waals surface area contributed by atoms with Crippen molar-refractivity contribution in [3.05, 3.63) is 42.2 Å². The number of nitrogens with one attached hydrogen (secondary N) is 1. The van der Waals surface area contributed by atoms with Crippen molar-refractivity contribution in [3.8, 4) is 0 Å². The maximum atomic E-state index is 5.83. The number of aromatic amines is 1. The van der Waals surface area contributed by atoms with Crippen LogP contribution < -0.4 is 5.73 Å². The molecule has 3 N–H and O–H groups in total. The van der Waals surface area contributed by atoms with Crippen LogP contribution in [-0.4, -0.2) is 9.97 Å². The molecule has 2 aromatic carbocycles. The molecule has 1 atom stereocenters. The monoisotopic (exact) mass is 211 g/mol. The van der Waals surface area contributed by atoms with E-state index < -0.39 is 0 Å². The van der Waals surface area contributed by atoms with Crippen LogP contribution in [0.4, 0.5) is 0 Å². The van der Waals surface area contributed by atoms with Gasteiger partial charge in [0, 0.05) is 5.39 Å². The van der Waals surface area contributed by atoms with E-state index in [0.29, 0.717) is 0 Å². The zero-order valence-corrected chi connectivity index (χ0v) is 9.07. The Balaban J connectivity index is 2.41. The van der Waals surface area contributed by atoms with E-state index in [1.54, 1.807) is 0 Å². The molecule has 3 rings (SSSR count). The maximum absolute atomic E-state index is 5.83. The molecule has 0 saturated carbocycles. The van der Waals surface area contributed by atoms with E-state index in [1.165, 1.54) is 10.8 Å². The minimum atomic E-state index is -0.0637. The van der Waals surface area contributed by atoms with Crippen LogP contribution >= 0.6 is 0 Å². The highest BCUT2D eigenvalue weighted by molar-refractivity contribution is 6.04. The molecule has 0 unspecified atom stereocenters. The van der Waals surface area contributed by atoms with Crippen LogP contribution in [-0.2, 0) is 0 Å². The second kappa shape index (κ2) is 3.32. The van der Waals surface area contributed by atoms with Gasteiger partial charge in [0.05, 0.1) is 17.1 Å². The van der Waals surface area contributed by atoms with Gasteiger partial charge in [-0.05, 0) is 18.4 Å². The summed E-state index contributed by atoms with van der Waals surface area (Å²) >= 11 is 0. The first-order valence-corrected chi connectivity index (χ1v) is 5.38. The standard InChI is InChI=1S/C13H13N3/c1-8(14)13-15-11-7-6-9-4-2-3-5-10(9)12(11)16-13/h2-8H,14H2,1H3,(H,15,16)/t8-/m1/s1. The van der Waals surface area contributed by atoms with Gasteiger partial charge in [-0.25, -0.2) is 4.98 Å². The van der Waals surface area contributed by atoms with E-state index in [0.717, 1.165) is 16.9 Å². The van der Waals surface area contributed by atoms with Gasteiger partial charge < -0.3 is 10.7 Å². The summed E-state index contributed by atoms with van der Waals surface area (Å²) in [5.74, 6) is 0.839.